The lowest BCUT2D eigenvalue weighted by molar-refractivity contribution is -0.134. The predicted octanol–water partition coefficient (Wildman–Crippen LogP) is 2.25. The lowest BCUT2D eigenvalue weighted by Gasteiger charge is -2.31. The molecular formula is C18H27N3O3S2. The van der Waals surface area contributed by atoms with Crippen molar-refractivity contribution >= 4 is 29.4 Å². The molecule has 2 fully saturated rings. The summed E-state index contributed by atoms with van der Waals surface area (Å²) >= 11 is 3.32. The molecule has 1 aromatic rings. The van der Waals surface area contributed by atoms with Gasteiger partial charge in [0.2, 0.25) is 5.91 Å². The Labute approximate surface area is 162 Å². The lowest BCUT2D eigenvalue weighted by atomic mass is 10.1. The molecule has 0 aromatic carbocycles. The number of ether oxygens (including phenoxy) is 1. The maximum absolute atomic E-state index is 13.0. The summed E-state index contributed by atoms with van der Waals surface area (Å²) < 4.78 is 5.75. The summed E-state index contributed by atoms with van der Waals surface area (Å²) in [5.41, 5.74) is 1.21. The number of rotatable bonds is 7. The maximum atomic E-state index is 13.0. The van der Waals surface area contributed by atoms with Crippen LogP contribution in [0.3, 0.4) is 0 Å². The third-order valence-corrected chi connectivity index (χ3v) is 6.80. The molecule has 0 saturated carbocycles. The third-order valence-electron chi connectivity index (χ3n) is 5.07. The van der Waals surface area contributed by atoms with Gasteiger partial charge in [-0.15, -0.1) is 0 Å². The SMILES string of the molecule is CSc1nc(C)c(CCC(=O)N(CC2CCCO2)C2CCSC2)c(=O)[nH]1. The van der Waals surface area contributed by atoms with E-state index in [1.807, 2.05) is 29.8 Å². The van der Waals surface area contributed by atoms with Gasteiger partial charge in [0.25, 0.3) is 5.56 Å². The molecule has 26 heavy (non-hydrogen) atoms. The molecule has 2 aliphatic rings. The van der Waals surface area contributed by atoms with Crippen LogP contribution in [-0.4, -0.2) is 63.8 Å². The summed E-state index contributed by atoms with van der Waals surface area (Å²) in [5, 5.41) is 0.616. The van der Waals surface area contributed by atoms with Crippen molar-refractivity contribution in [3.63, 3.8) is 0 Å². The molecule has 1 N–H and O–H groups in total. The van der Waals surface area contributed by atoms with E-state index >= 15 is 0 Å². The number of carbonyl (C=O) groups is 1. The van der Waals surface area contributed by atoms with Gasteiger partial charge in [0, 0.05) is 42.6 Å². The lowest BCUT2D eigenvalue weighted by Crippen LogP contribution is -2.45. The van der Waals surface area contributed by atoms with Gasteiger partial charge in [0.05, 0.1) is 6.10 Å². The van der Waals surface area contributed by atoms with Crippen molar-refractivity contribution < 1.29 is 9.53 Å². The molecule has 0 spiro atoms. The fraction of sp³-hybridized carbons (Fsp3) is 0.722. The largest absolute Gasteiger partial charge is 0.376 e. The van der Waals surface area contributed by atoms with Crippen LogP contribution in [0.4, 0.5) is 0 Å². The van der Waals surface area contributed by atoms with E-state index in [2.05, 4.69) is 9.97 Å². The first-order valence-corrected chi connectivity index (χ1v) is 11.6. The number of nitrogens with one attached hydrogen (secondary N) is 1. The highest BCUT2D eigenvalue weighted by molar-refractivity contribution is 7.99. The van der Waals surface area contributed by atoms with E-state index in [0.29, 0.717) is 41.8 Å². The van der Waals surface area contributed by atoms with Crippen LogP contribution in [0.15, 0.2) is 9.95 Å². The summed E-state index contributed by atoms with van der Waals surface area (Å²) in [5.74, 6) is 2.24. The first-order valence-electron chi connectivity index (χ1n) is 9.21. The standard InChI is InChI=1S/C18H27N3O3S2/c1-12-15(17(23)20-18(19-12)25-2)5-6-16(22)21(13-7-9-26-11-13)10-14-4-3-8-24-14/h13-14H,3-11H2,1-2H3,(H,19,20,23). The first kappa shape index (κ1) is 19.8. The second-order valence-electron chi connectivity index (χ2n) is 6.84. The molecule has 1 aromatic heterocycles. The summed E-state index contributed by atoms with van der Waals surface area (Å²) in [6.45, 7) is 3.32. The molecule has 3 rings (SSSR count). The normalized spacial score (nSPS) is 22.7. The summed E-state index contributed by atoms with van der Waals surface area (Å²) in [4.78, 5) is 34.4. The van der Waals surface area contributed by atoms with Crippen LogP contribution in [0.1, 0.15) is 36.9 Å². The van der Waals surface area contributed by atoms with E-state index in [1.54, 1.807) is 0 Å². The molecule has 2 unspecified atom stereocenters. The molecule has 6 nitrogen and oxygen atoms in total. The number of hydrogen-bond acceptors (Lipinski definition) is 6. The third kappa shape index (κ3) is 4.84. The first-order chi connectivity index (χ1) is 12.6. The van der Waals surface area contributed by atoms with Crippen molar-refractivity contribution in [2.24, 2.45) is 0 Å². The van der Waals surface area contributed by atoms with E-state index < -0.39 is 0 Å². The topological polar surface area (TPSA) is 75.3 Å². The predicted molar refractivity (Wildman–Crippen MR) is 106 cm³/mol. The van der Waals surface area contributed by atoms with Crippen LogP contribution in [0.25, 0.3) is 0 Å². The van der Waals surface area contributed by atoms with Gasteiger partial charge in [0.15, 0.2) is 5.16 Å². The van der Waals surface area contributed by atoms with Crippen LogP contribution in [0, 0.1) is 6.92 Å². The van der Waals surface area contributed by atoms with Gasteiger partial charge in [-0.1, -0.05) is 11.8 Å². The van der Waals surface area contributed by atoms with E-state index in [9.17, 15) is 9.59 Å². The number of nitrogens with zero attached hydrogens (tertiary/aromatic N) is 2. The monoisotopic (exact) mass is 397 g/mol. The minimum Gasteiger partial charge on any atom is -0.376 e. The molecule has 2 saturated heterocycles. The molecular weight excluding hydrogens is 370 g/mol. The quantitative estimate of drug-likeness (QED) is 0.562. The van der Waals surface area contributed by atoms with E-state index in [0.717, 1.165) is 37.4 Å². The minimum atomic E-state index is -0.128. The summed E-state index contributed by atoms with van der Waals surface area (Å²) in [6, 6.07) is 0.299. The van der Waals surface area contributed by atoms with Crippen molar-refractivity contribution in [3.8, 4) is 0 Å². The second-order valence-corrected chi connectivity index (χ2v) is 8.78. The molecule has 144 valence electrons. The molecule has 0 bridgehead atoms. The molecule has 2 atom stereocenters. The van der Waals surface area contributed by atoms with Crippen molar-refractivity contribution in [2.45, 2.75) is 56.3 Å². The Bertz CT molecular complexity index is 683. The average molecular weight is 398 g/mol. The molecule has 1 amide bonds. The Balaban J connectivity index is 1.66. The highest BCUT2D eigenvalue weighted by Gasteiger charge is 2.30. The number of H-pyrrole nitrogens is 1. The number of carbonyl (C=O) groups excluding carboxylic acids is 1. The van der Waals surface area contributed by atoms with Crippen LogP contribution in [0.5, 0.6) is 0 Å². The minimum absolute atomic E-state index is 0.126. The van der Waals surface area contributed by atoms with Crippen molar-refractivity contribution in [3.05, 3.63) is 21.6 Å². The molecule has 3 heterocycles. The average Bonchev–Trinajstić information content (AvgIpc) is 3.32. The van der Waals surface area contributed by atoms with Crippen LogP contribution < -0.4 is 5.56 Å². The van der Waals surface area contributed by atoms with Gasteiger partial charge >= 0.3 is 0 Å². The van der Waals surface area contributed by atoms with Gasteiger partial charge < -0.3 is 14.6 Å². The Kier molecular flexibility index (Phi) is 7.05. The highest BCUT2D eigenvalue weighted by Crippen LogP contribution is 2.25. The number of aryl methyl sites for hydroxylation is 1. The maximum Gasteiger partial charge on any atom is 0.254 e. The fourth-order valence-corrected chi connectivity index (χ4v) is 5.23. The summed E-state index contributed by atoms with van der Waals surface area (Å²) in [7, 11) is 0. The molecule has 2 aliphatic heterocycles. The van der Waals surface area contributed by atoms with Gasteiger partial charge in [-0.25, -0.2) is 4.98 Å². The van der Waals surface area contributed by atoms with E-state index in [-0.39, 0.29) is 17.6 Å². The van der Waals surface area contributed by atoms with Crippen LogP contribution >= 0.6 is 23.5 Å². The number of thioether (sulfide) groups is 2. The Morgan fingerprint density at radius 3 is 2.92 bits per heavy atom. The van der Waals surface area contributed by atoms with Crippen molar-refractivity contribution in [1.29, 1.82) is 0 Å². The zero-order valence-corrected chi connectivity index (χ0v) is 17.1. The van der Waals surface area contributed by atoms with Gasteiger partial charge in [0.1, 0.15) is 0 Å². The fourth-order valence-electron chi connectivity index (χ4n) is 3.58. The Morgan fingerprint density at radius 1 is 1.46 bits per heavy atom. The van der Waals surface area contributed by atoms with E-state index in [4.69, 9.17) is 4.74 Å². The van der Waals surface area contributed by atoms with E-state index in [1.165, 1.54) is 11.8 Å². The Hall–Kier alpha value is -0.990. The number of amides is 1. The van der Waals surface area contributed by atoms with Crippen molar-refractivity contribution in [1.82, 2.24) is 14.9 Å². The molecule has 0 aliphatic carbocycles. The van der Waals surface area contributed by atoms with Gasteiger partial charge in [-0.3, -0.25) is 9.59 Å². The van der Waals surface area contributed by atoms with Gasteiger partial charge in [-0.2, -0.15) is 11.8 Å². The Morgan fingerprint density at radius 2 is 2.31 bits per heavy atom. The number of aromatic amines is 1. The number of aromatic nitrogens is 2. The van der Waals surface area contributed by atoms with Crippen LogP contribution in [0.2, 0.25) is 0 Å². The number of hydrogen-bond donors (Lipinski definition) is 1. The summed E-state index contributed by atoms with van der Waals surface area (Å²) in [6.07, 6.45) is 5.98. The highest BCUT2D eigenvalue weighted by atomic mass is 32.2. The molecule has 0 radical (unpaired) electrons. The van der Waals surface area contributed by atoms with Crippen molar-refractivity contribution in [2.75, 3.05) is 30.9 Å². The second kappa shape index (κ2) is 9.28. The van der Waals surface area contributed by atoms with Gasteiger partial charge in [-0.05, 0) is 44.6 Å². The zero-order chi connectivity index (χ0) is 18.5. The van der Waals surface area contributed by atoms with Crippen LogP contribution in [-0.2, 0) is 16.0 Å². The molecule has 8 heteroatoms. The zero-order valence-electron chi connectivity index (χ0n) is 15.5. The smallest absolute Gasteiger partial charge is 0.254 e.